The molecule has 0 aliphatic heterocycles. The number of aromatic nitrogens is 1. The molecular formula is C12H10N2O2. The van der Waals surface area contributed by atoms with Gasteiger partial charge < -0.3 is 9.73 Å². The summed E-state index contributed by atoms with van der Waals surface area (Å²) in [6.07, 6.45) is 7.81. The monoisotopic (exact) mass is 214 g/mol. The summed E-state index contributed by atoms with van der Waals surface area (Å²) < 4.78 is 5.06. The lowest BCUT2D eigenvalue weighted by atomic mass is 10.3. The van der Waals surface area contributed by atoms with Crippen molar-refractivity contribution in [2.24, 2.45) is 0 Å². The van der Waals surface area contributed by atoms with Gasteiger partial charge in [-0.1, -0.05) is 0 Å². The summed E-state index contributed by atoms with van der Waals surface area (Å²) in [6, 6.07) is 6.98. The fourth-order valence-electron chi connectivity index (χ4n) is 1.16. The Bertz CT molecular complexity index is 475. The van der Waals surface area contributed by atoms with Gasteiger partial charge in [0.25, 0.3) is 0 Å². The van der Waals surface area contributed by atoms with Crippen LogP contribution in [-0.2, 0) is 4.79 Å². The van der Waals surface area contributed by atoms with Crippen molar-refractivity contribution in [3.8, 4) is 0 Å². The van der Waals surface area contributed by atoms with Gasteiger partial charge in [0.15, 0.2) is 0 Å². The highest BCUT2D eigenvalue weighted by atomic mass is 16.3. The third-order valence-corrected chi connectivity index (χ3v) is 1.89. The maximum atomic E-state index is 11.4. The molecule has 2 aromatic rings. The highest BCUT2D eigenvalue weighted by Crippen LogP contribution is 2.05. The van der Waals surface area contributed by atoms with Crippen molar-refractivity contribution in [3.63, 3.8) is 0 Å². The number of carbonyl (C=O) groups excluding carboxylic acids is 1. The molecule has 0 aromatic carbocycles. The van der Waals surface area contributed by atoms with E-state index in [1.807, 2.05) is 0 Å². The fraction of sp³-hybridized carbons (Fsp3) is 0. The van der Waals surface area contributed by atoms with Crippen LogP contribution < -0.4 is 5.32 Å². The number of hydrogen-bond acceptors (Lipinski definition) is 3. The number of carbonyl (C=O) groups is 1. The second kappa shape index (κ2) is 4.93. The van der Waals surface area contributed by atoms with E-state index in [0.717, 1.165) is 0 Å². The largest absolute Gasteiger partial charge is 0.465 e. The van der Waals surface area contributed by atoms with Crippen LogP contribution >= 0.6 is 0 Å². The van der Waals surface area contributed by atoms with E-state index in [0.29, 0.717) is 11.4 Å². The van der Waals surface area contributed by atoms with Gasteiger partial charge in [-0.3, -0.25) is 9.78 Å². The van der Waals surface area contributed by atoms with Gasteiger partial charge in [0, 0.05) is 24.2 Å². The van der Waals surface area contributed by atoms with E-state index in [4.69, 9.17) is 4.42 Å². The minimum atomic E-state index is -0.206. The van der Waals surface area contributed by atoms with Crippen LogP contribution in [0.1, 0.15) is 5.76 Å². The summed E-state index contributed by atoms with van der Waals surface area (Å²) in [5, 5.41) is 2.70. The maximum Gasteiger partial charge on any atom is 0.248 e. The molecule has 1 N–H and O–H groups in total. The molecular weight excluding hydrogens is 204 g/mol. The molecule has 0 saturated heterocycles. The zero-order valence-corrected chi connectivity index (χ0v) is 8.46. The van der Waals surface area contributed by atoms with E-state index in [2.05, 4.69) is 10.3 Å². The Morgan fingerprint density at radius 2 is 2.12 bits per heavy atom. The number of pyridine rings is 1. The van der Waals surface area contributed by atoms with Gasteiger partial charge in [-0.2, -0.15) is 0 Å². The maximum absolute atomic E-state index is 11.4. The average molecular weight is 214 g/mol. The topological polar surface area (TPSA) is 55.1 Å². The molecule has 2 rings (SSSR count). The van der Waals surface area contributed by atoms with Crippen molar-refractivity contribution in [1.29, 1.82) is 0 Å². The molecule has 0 aliphatic rings. The summed E-state index contributed by atoms with van der Waals surface area (Å²) in [7, 11) is 0. The number of rotatable bonds is 3. The smallest absolute Gasteiger partial charge is 0.248 e. The summed E-state index contributed by atoms with van der Waals surface area (Å²) in [4.78, 5) is 15.3. The average Bonchev–Trinajstić information content (AvgIpc) is 2.81. The first-order valence-corrected chi connectivity index (χ1v) is 4.77. The van der Waals surface area contributed by atoms with E-state index in [9.17, 15) is 4.79 Å². The molecule has 4 nitrogen and oxygen atoms in total. The molecule has 2 aromatic heterocycles. The molecule has 0 spiro atoms. The van der Waals surface area contributed by atoms with Crippen LogP contribution in [0.5, 0.6) is 0 Å². The van der Waals surface area contributed by atoms with Crippen LogP contribution in [0.2, 0.25) is 0 Å². The summed E-state index contributed by atoms with van der Waals surface area (Å²) >= 11 is 0. The minimum absolute atomic E-state index is 0.206. The second-order valence-electron chi connectivity index (χ2n) is 3.07. The molecule has 80 valence electrons. The molecule has 0 unspecified atom stereocenters. The Labute approximate surface area is 92.6 Å². The molecule has 0 radical (unpaired) electrons. The van der Waals surface area contributed by atoms with Crippen molar-refractivity contribution in [2.45, 2.75) is 0 Å². The molecule has 4 heteroatoms. The lowest BCUT2D eigenvalue weighted by Crippen LogP contribution is -2.07. The van der Waals surface area contributed by atoms with Gasteiger partial charge in [-0.05, 0) is 30.3 Å². The van der Waals surface area contributed by atoms with Crippen molar-refractivity contribution in [1.82, 2.24) is 4.98 Å². The Morgan fingerprint density at radius 1 is 1.31 bits per heavy atom. The third kappa shape index (κ3) is 2.81. The van der Waals surface area contributed by atoms with Gasteiger partial charge >= 0.3 is 0 Å². The predicted octanol–water partition coefficient (Wildman–Crippen LogP) is 2.33. The summed E-state index contributed by atoms with van der Waals surface area (Å²) in [5.74, 6) is 0.437. The summed E-state index contributed by atoms with van der Waals surface area (Å²) in [6.45, 7) is 0. The van der Waals surface area contributed by atoms with Gasteiger partial charge in [-0.15, -0.1) is 0 Å². The van der Waals surface area contributed by atoms with Crippen molar-refractivity contribution in [3.05, 3.63) is 54.8 Å². The first-order valence-electron chi connectivity index (χ1n) is 4.77. The second-order valence-corrected chi connectivity index (χ2v) is 3.07. The molecule has 0 atom stereocenters. The van der Waals surface area contributed by atoms with Crippen molar-refractivity contribution < 1.29 is 9.21 Å². The van der Waals surface area contributed by atoms with Gasteiger partial charge in [0.1, 0.15) is 5.76 Å². The van der Waals surface area contributed by atoms with Crippen LogP contribution in [0.15, 0.2) is 53.4 Å². The summed E-state index contributed by atoms with van der Waals surface area (Å²) in [5.41, 5.74) is 0.712. The SMILES string of the molecule is O=C(C=Cc1ccco1)Nc1ccncc1. The quantitative estimate of drug-likeness (QED) is 0.798. The first-order chi connectivity index (χ1) is 7.84. The predicted molar refractivity (Wildman–Crippen MR) is 60.6 cm³/mol. The number of hydrogen-bond donors (Lipinski definition) is 1. The Balaban J connectivity index is 1.95. The van der Waals surface area contributed by atoms with Gasteiger partial charge in [0.2, 0.25) is 5.91 Å². The number of nitrogens with zero attached hydrogens (tertiary/aromatic N) is 1. The molecule has 0 saturated carbocycles. The molecule has 0 fully saturated rings. The Kier molecular flexibility index (Phi) is 3.13. The Hall–Kier alpha value is -2.36. The molecule has 0 bridgehead atoms. The highest BCUT2D eigenvalue weighted by molar-refractivity contribution is 6.01. The first kappa shape index (κ1) is 10.2. The Morgan fingerprint density at radius 3 is 2.81 bits per heavy atom. The van der Waals surface area contributed by atoms with Crippen LogP contribution in [-0.4, -0.2) is 10.9 Å². The van der Waals surface area contributed by atoms with E-state index in [1.165, 1.54) is 6.08 Å². The number of amides is 1. The zero-order valence-electron chi connectivity index (χ0n) is 8.46. The van der Waals surface area contributed by atoms with Crippen molar-refractivity contribution >= 4 is 17.7 Å². The molecule has 16 heavy (non-hydrogen) atoms. The molecule has 0 aliphatic carbocycles. The zero-order chi connectivity index (χ0) is 11.2. The lowest BCUT2D eigenvalue weighted by Gasteiger charge is -1.99. The van der Waals surface area contributed by atoms with Gasteiger partial charge in [-0.25, -0.2) is 0 Å². The van der Waals surface area contributed by atoms with Crippen LogP contribution in [0.3, 0.4) is 0 Å². The lowest BCUT2D eigenvalue weighted by molar-refractivity contribution is -0.111. The number of nitrogens with one attached hydrogen (secondary N) is 1. The van der Waals surface area contributed by atoms with Crippen LogP contribution in [0, 0.1) is 0 Å². The fourth-order valence-corrected chi connectivity index (χ4v) is 1.16. The van der Waals surface area contributed by atoms with E-state index < -0.39 is 0 Å². The van der Waals surface area contributed by atoms with Gasteiger partial charge in [0.05, 0.1) is 6.26 Å². The molecule has 1 amide bonds. The number of anilines is 1. The van der Waals surface area contributed by atoms with E-state index >= 15 is 0 Å². The van der Waals surface area contributed by atoms with Crippen LogP contribution in [0.4, 0.5) is 5.69 Å². The van der Waals surface area contributed by atoms with Crippen LogP contribution in [0.25, 0.3) is 6.08 Å². The normalized spacial score (nSPS) is 10.5. The highest BCUT2D eigenvalue weighted by Gasteiger charge is 1.96. The standard InChI is InChI=1S/C12H10N2O2/c15-12(4-3-11-2-1-9-16-11)14-10-5-7-13-8-6-10/h1-9H,(H,13,14,15). The van der Waals surface area contributed by atoms with Crippen molar-refractivity contribution in [2.75, 3.05) is 5.32 Å². The van der Waals surface area contributed by atoms with E-state index in [1.54, 1.807) is 49.0 Å². The third-order valence-electron chi connectivity index (χ3n) is 1.89. The molecule has 2 heterocycles. The minimum Gasteiger partial charge on any atom is -0.465 e. The van der Waals surface area contributed by atoms with E-state index in [-0.39, 0.29) is 5.91 Å². The number of furan rings is 1.